The predicted molar refractivity (Wildman–Crippen MR) is 75.2 cm³/mol. The molecule has 2 nitrogen and oxygen atoms in total. The summed E-state index contributed by atoms with van der Waals surface area (Å²) in [7, 11) is 1.76. The van der Waals surface area contributed by atoms with Gasteiger partial charge in [0.15, 0.2) is 0 Å². The van der Waals surface area contributed by atoms with Crippen molar-refractivity contribution in [2.24, 2.45) is 5.41 Å². The van der Waals surface area contributed by atoms with Crippen molar-refractivity contribution in [1.82, 2.24) is 0 Å². The molecule has 2 unspecified atom stereocenters. The highest BCUT2D eigenvalue weighted by atomic mass is 35.5. The molecule has 2 atom stereocenters. The van der Waals surface area contributed by atoms with E-state index in [0.717, 1.165) is 19.4 Å². The van der Waals surface area contributed by atoms with Crippen LogP contribution in [0.4, 0.5) is 0 Å². The van der Waals surface area contributed by atoms with Crippen molar-refractivity contribution in [2.45, 2.75) is 75.9 Å². The quantitative estimate of drug-likeness (QED) is 0.701. The predicted octanol–water partition coefficient (Wildman–Crippen LogP) is 4.15. The molecule has 2 rings (SSSR count). The largest absolute Gasteiger partial charge is 0.379 e. The Labute approximate surface area is 116 Å². The zero-order valence-corrected chi connectivity index (χ0v) is 12.8. The molecule has 0 bridgehead atoms. The Morgan fingerprint density at radius 1 is 1.22 bits per heavy atom. The van der Waals surface area contributed by atoms with Gasteiger partial charge in [0, 0.05) is 24.5 Å². The molecule has 0 aromatic rings. The molecule has 2 fully saturated rings. The van der Waals surface area contributed by atoms with Gasteiger partial charge >= 0.3 is 0 Å². The van der Waals surface area contributed by atoms with Crippen LogP contribution in [0.2, 0.25) is 0 Å². The summed E-state index contributed by atoms with van der Waals surface area (Å²) >= 11 is 6.47. The van der Waals surface area contributed by atoms with Gasteiger partial charge in [0.05, 0.1) is 11.7 Å². The molecular weight excluding hydrogens is 248 g/mol. The Kier molecular flexibility index (Phi) is 4.61. The van der Waals surface area contributed by atoms with E-state index in [1.54, 1.807) is 7.11 Å². The normalized spacial score (nSPS) is 31.3. The molecule has 3 heteroatoms. The lowest BCUT2D eigenvalue weighted by Crippen LogP contribution is -2.56. The molecule has 2 saturated carbocycles. The van der Waals surface area contributed by atoms with Crippen LogP contribution < -0.4 is 0 Å². The highest BCUT2D eigenvalue weighted by molar-refractivity contribution is 6.21. The third kappa shape index (κ3) is 2.86. The number of rotatable bonds is 5. The number of hydrogen-bond donors (Lipinski definition) is 0. The maximum absolute atomic E-state index is 6.47. The molecule has 0 saturated heterocycles. The summed E-state index contributed by atoms with van der Waals surface area (Å²) in [5.41, 5.74) is 0.223. The van der Waals surface area contributed by atoms with Gasteiger partial charge in [-0.05, 0) is 39.5 Å². The third-order valence-corrected chi connectivity index (χ3v) is 5.66. The van der Waals surface area contributed by atoms with Gasteiger partial charge in [0.1, 0.15) is 0 Å². The maximum Gasteiger partial charge on any atom is 0.0659 e. The molecule has 0 aliphatic heterocycles. The van der Waals surface area contributed by atoms with Gasteiger partial charge in [0.25, 0.3) is 0 Å². The van der Waals surface area contributed by atoms with Gasteiger partial charge < -0.3 is 9.47 Å². The SMILES string of the molecule is COC(C)(C)CCOC1CC(Cl)C12CCCCC2. The van der Waals surface area contributed by atoms with Crippen molar-refractivity contribution >= 4 is 11.6 Å². The van der Waals surface area contributed by atoms with Crippen molar-refractivity contribution in [1.29, 1.82) is 0 Å². The minimum atomic E-state index is -0.0795. The lowest BCUT2D eigenvalue weighted by Gasteiger charge is -2.55. The molecule has 106 valence electrons. The lowest BCUT2D eigenvalue weighted by molar-refractivity contribution is -0.134. The van der Waals surface area contributed by atoms with E-state index < -0.39 is 0 Å². The fraction of sp³-hybridized carbons (Fsp3) is 1.00. The maximum atomic E-state index is 6.47. The van der Waals surface area contributed by atoms with Gasteiger partial charge in [-0.3, -0.25) is 0 Å². The van der Waals surface area contributed by atoms with Crippen molar-refractivity contribution in [3.63, 3.8) is 0 Å². The van der Waals surface area contributed by atoms with E-state index in [9.17, 15) is 0 Å². The Morgan fingerprint density at radius 2 is 1.89 bits per heavy atom. The highest BCUT2D eigenvalue weighted by Gasteiger charge is 2.54. The fourth-order valence-electron chi connectivity index (χ4n) is 3.33. The van der Waals surface area contributed by atoms with Crippen LogP contribution in [0.25, 0.3) is 0 Å². The van der Waals surface area contributed by atoms with E-state index in [1.807, 2.05) is 0 Å². The Morgan fingerprint density at radius 3 is 2.44 bits per heavy atom. The molecule has 0 N–H and O–H groups in total. The molecule has 0 radical (unpaired) electrons. The zero-order chi connectivity index (χ0) is 13.2. The van der Waals surface area contributed by atoms with Crippen molar-refractivity contribution in [3.8, 4) is 0 Å². The molecule has 0 heterocycles. The summed E-state index contributed by atoms with van der Waals surface area (Å²) in [6.07, 6.45) is 8.93. The van der Waals surface area contributed by atoms with Crippen LogP contribution in [0.1, 0.15) is 58.8 Å². The Balaban J connectivity index is 1.80. The smallest absolute Gasteiger partial charge is 0.0659 e. The van der Waals surface area contributed by atoms with Gasteiger partial charge in [-0.2, -0.15) is 0 Å². The first-order valence-electron chi connectivity index (χ1n) is 7.31. The van der Waals surface area contributed by atoms with Crippen LogP contribution in [0.15, 0.2) is 0 Å². The Bertz CT molecular complexity index is 272. The minimum Gasteiger partial charge on any atom is -0.379 e. The molecule has 0 amide bonds. The minimum absolute atomic E-state index is 0.0795. The number of ether oxygens (including phenoxy) is 2. The molecule has 0 aromatic carbocycles. The second-order valence-corrected chi connectivity index (χ2v) is 7.10. The van der Waals surface area contributed by atoms with Gasteiger partial charge in [-0.25, -0.2) is 0 Å². The van der Waals surface area contributed by atoms with Crippen molar-refractivity contribution < 1.29 is 9.47 Å². The number of hydrogen-bond acceptors (Lipinski definition) is 2. The van der Waals surface area contributed by atoms with Crippen LogP contribution >= 0.6 is 11.6 Å². The van der Waals surface area contributed by atoms with E-state index in [4.69, 9.17) is 21.1 Å². The Hall–Kier alpha value is 0.210. The first-order valence-corrected chi connectivity index (χ1v) is 7.75. The molecule has 2 aliphatic carbocycles. The highest BCUT2D eigenvalue weighted by Crippen LogP contribution is 2.55. The lowest BCUT2D eigenvalue weighted by atomic mass is 9.58. The van der Waals surface area contributed by atoms with E-state index in [1.165, 1.54) is 32.1 Å². The zero-order valence-electron chi connectivity index (χ0n) is 12.0. The summed E-state index contributed by atoms with van der Waals surface area (Å²) in [6.45, 7) is 5.01. The number of halogens is 1. The summed E-state index contributed by atoms with van der Waals surface area (Å²) in [4.78, 5) is 0. The van der Waals surface area contributed by atoms with E-state index >= 15 is 0 Å². The molecule has 2 aliphatic rings. The molecule has 0 aromatic heterocycles. The summed E-state index contributed by atoms with van der Waals surface area (Å²) in [5.74, 6) is 0. The van der Waals surface area contributed by atoms with Gasteiger partial charge in [0.2, 0.25) is 0 Å². The molecule has 1 spiro atoms. The third-order valence-electron chi connectivity index (χ3n) is 5.05. The fourth-order valence-corrected chi connectivity index (χ4v) is 3.85. The standard InChI is InChI=1S/C15H27ClO2/c1-14(2,17-3)9-10-18-13-11-12(16)15(13)7-5-4-6-8-15/h12-13H,4-11H2,1-3H3. The number of alkyl halides is 1. The molecular formula is C15H27ClO2. The van der Waals surface area contributed by atoms with E-state index in [-0.39, 0.29) is 5.60 Å². The van der Waals surface area contributed by atoms with Crippen LogP contribution in [0.5, 0.6) is 0 Å². The second kappa shape index (κ2) is 5.68. The summed E-state index contributed by atoms with van der Waals surface area (Å²) in [6, 6.07) is 0. The average Bonchev–Trinajstić information content (AvgIpc) is 2.39. The monoisotopic (exact) mass is 274 g/mol. The molecule has 18 heavy (non-hydrogen) atoms. The van der Waals surface area contributed by atoms with Gasteiger partial charge in [-0.1, -0.05) is 19.3 Å². The first kappa shape index (κ1) is 14.6. The summed E-state index contributed by atoms with van der Waals surface area (Å²) in [5, 5.41) is 0.346. The average molecular weight is 275 g/mol. The first-order chi connectivity index (χ1) is 8.50. The van der Waals surface area contributed by atoms with E-state index in [2.05, 4.69) is 13.8 Å². The van der Waals surface area contributed by atoms with Crippen LogP contribution in [0.3, 0.4) is 0 Å². The van der Waals surface area contributed by atoms with E-state index in [0.29, 0.717) is 16.9 Å². The van der Waals surface area contributed by atoms with Crippen molar-refractivity contribution in [3.05, 3.63) is 0 Å². The second-order valence-electron chi connectivity index (χ2n) is 6.57. The summed E-state index contributed by atoms with van der Waals surface area (Å²) < 4.78 is 11.5. The van der Waals surface area contributed by atoms with Crippen molar-refractivity contribution in [2.75, 3.05) is 13.7 Å². The van der Waals surface area contributed by atoms with Gasteiger partial charge in [-0.15, -0.1) is 11.6 Å². The van der Waals surface area contributed by atoms with Crippen LogP contribution in [0, 0.1) is 5.41 Å². The van der Waals surface area contributed by atoms with Crippen LogP contribution in [-0.2, 0) is 9.47 Å². The van der Waals surface area contributed by atoms with Crippen LogP contribution in [-0.4, -0.2) is 30.8 Å². The topological polar surface area (TPSA) is 18.5 Å². The number of methoxy groups -OCH3 is 1.